The molecule has 1 atom stereocenters. The molecule has 0 saturated heterocycles. The molecule has 3 nitrogen and oxygen atoms in total. The Labute approximate surface area is 86.1 Å². The third-order valence-corrected chi connectivity index (χ3v) is 3.01. The molecule has 1 unspecified atom stereocenters. The molecular weight excluding hydrogens is 208 g/mol. The topological polar surface area (TPSA) is 41.1 Å². The second-order valence-corrected chi connectivity index (χ2v) is 4.33. The SMILES string of the molecule is CNC(=O)NC(C)c1ccc(Cl)s1. The summed E-state index contributed by atoms with van der Waals surface area (Å²) in [4.78, 5) is 12.0. The van der Waals surface area contributed by atoms with Crippen LogP contribution >= 0.6 is 22.9 Å². The van der Waals surface area contributed by atoms with Crippen LogP contribution in [0.25, 0.3) is 0 Å². The summed E-state index contributed by atoms with van der Waals surface area (Å²) in [5, 5.41) is 5.25. The first kappa shape index (κ1) is 10.3. The zero-order chi connectivity index (χ0) is 9.84. The van der Waals surface area contributed by atoms with Crippen molar-refractivity contribution in [3.05, 3.63) is 21.3 Å². The maximum absolute atomic E-state index is 11.0. The molecule has 1 heterocycles. The molecule has 5 heteroatoms. The van der Waals surface area contributed by atoms with Gasteiger partial charge in [0.25, 0.3) is 0 Å². The normalized spacial score (nSPS) is 12.2. The van der Waals surface area contributed by atoms with Crippen LogP contribution in [0, 0.1) is 0 Å². The van der Waals surface area contributed by atoms with Crippen LogP contribution < -0.4 is 10.6 Å². The predicted molar refractivity (Wildman–Crippen MR) is 55.3 cm³/mol. The summed E-state index contributed by atoms with van der Waals surface area (Å²) in [6.45, 7) is 1.91. The molecule has 0 aromatic carbocycles. The number of rotatable bonds is 2. The molecule has 0 aliphatic rings. The lowest BCUT2D eigenvalue weighted by atomic mass is 10.3. The summed E-state index contributed by atoms with van der Waals surface area (Å²) in [6, 6.07) is 3.55. The van der Waals surface area contributed by atoms with Gasteiger partial charge in [-0.15, -0.1) is 11.3 Å². The van der Waals surface area contributed by atoms with Gasteiger partial charge in [0.2, 0.25) is 0 Å². The molecule has 13 heavy (non-hydrogen) atoms. The van der Waals surface area contributed by atoms with Gasteiger partial charge in [-0.3, -0.25) is 0 Å². The largest absolute Gasteiger partial charge is 0.341 e. The number of hydrogen-bond acceptors (Lipinski definition) is 2. The summed E-state index contributed by atoms with van der Waals surface area (Å²) in [5.74, 6) is 0. The van der Waals surface area contributed by atoms with E-state index in [9.17, 15) is 4.79 Å². The van der Waals surface area contributed by atoms with E-state index in [-0.39, 0.29) is 12.1 Å². The van der Waals surface area contributed by atoms with Crippen molar-refractivity contribution in [2.24, 2.45) is 0 Å². The first-order valence-electron chi connectivity index (χ1n) is 3.87. The number of carbonyl (C=O) groups is 1. The quantitative estimate of drug-likeness (QED) is 0.787. The number of hydrogen-bond donors (Lipinski definition) is 2. The molecule has 0 aliphatic heterocycles. The van der Waals surface area contributed by atoms with E-state index in [0.29, 0.717) is 0 Å². The van der Waals surface area contributed by atoms with E-state index in [1.807, 2.05) is 19.1 Å². The standard InChI is InChI=1S/C8H11ClN2OS/c1-5(11-8(12)10-2)6-3-4-7(9)13-6/h3-5H,1-2H3,(H2,10,11,12). The summed E-state index contributed by atoms with van der Waals surface area (Å²) in [5.41, 5.74) is 0. The van der Waals surface area contributed by atoms with Crippen LogP contribution in [0.5, 0.6) is 0 Å². The van der Waals surface area contributed by atoms with Gasteiger partial charge < -0.3 is 10.6 Å². The minimum Gasteiger partial charge on any atom is -0.341 e. The number of carbonyl (C=O) groups excluding carboxylic acids is 1. The fraction of sp³-hybridized carbons (Fsp3) is 0.375. The van der Waals surface area contributed by atoms with Crippen LogP contribution in [0.15, 0.2) is 12.1 Å². The molecule has 2 N–H and O–H groups in total. The molecule has 2 amide bonds. The Balaban J connectivity index is 2.58. The van der Waals surface area contributed by atoms with Gasteiger partial charge in [0, 0.05) is 11.9 Å². The van der Waals surface area contributed by atoms with E-state index in [4.69, 9.17) is 11.6 Å². The van der Waals surface area contributed by atoms with Crippen LogP contribution in [0.1, 0.15) is 17.8 Å². The second-order valence-electron chi connectivity index (χ2n) is 2.59. The van der Waals surface area contributed by atoms with Crippen molar-refractivity contribution < 1.29 is 4.79 Å². The fourth-order valence-corrected chi connectivity index (χ4v) is 1.96. The molecule has 1 aromatic heterocycles. The van der Waals surface area contributed by atoms with E-state index in [1.165, 1.54) is 11.3 Å². The molecule has 0 radical (unpaired) electrons. The fourth-order valence-electron chi connectivity index (χ4n) is 0.901. The van der Waals surface area contributed by atoms with Crippen LogP contribution in [0.3, 0.4) is 0 Å². The summed E-state index contributed by atoms with van der Waals surface area (Å²) < 4.78 is 0.737. The van der Waals surface area contributed by atoms with Crippen molar-refractivity contribution in [1.82, 2.24) is 10.6 Å². The van der Waals surface area contributed by atoms with Crippen molar-refractivity contribution in [1.29, 1.82) is 0 Å². The zero-order valence-electron chi connectivity index (χ0n) is 7.43. The number of amides is 2. The average molecular weight is 219 g/mol. The van der Waals surface area contributed by atoms with Gasteiger partial charge in [0.15, 0.2) is 0 Å². The van der Waals surface area contributed by atoms with Crippen LogP contribution in [0.2, 0.25) is 4.34 Å². The van der Waals surface area contributed by atoms with E-state index in [2.05, 4.69) is 10.6 Å². The Bertz CT molecular complexity index is 300. The van der Waals surface area contributed by atoms with Gasteiger partial charge in [-0.25, -0.2) is 4.79 Å². The monoisotopic (exact) mass is 218 g/mol. The highest BCUT2D eigenvalue weighted by atomic mass is 35.5. The summed E-state index contributed by atoms with van der Waals surface area (Å²) in [6.07, 6.45) is 0. The lowest BCUT2D eigenvalue weighted by molar-refractivity contribution is 0.240. The molecule has 0 bridgehead atoms. The first-order chi connectivity index (χ1) is 6.13. The summed E-state index contributed by atoms with van der Waals surface area (Å²) in [7, 11) is 1.59. The van der Waals surface area contributed by atoms with Gasteiger partial charge in [0.1, 0.15) is 0 Å². The van der Waals surface area contributed by atoms with Crippen molar-refractivity contribution in [3.63, 3.8) is 0 Å². The smallest absolute Gasteiger partial charge is 0.315 e. The molecule has 0 spiro atoms. The van der Waals surface area contributed by atoms with Crippen molar-refractivity contribution in [2.75, 3.05) is 7.05 Å². The van der Waals surface area contributed by atoms with Gasteiger partial charge in [-0.2, -0.15) is 0 Å². The van der Waals surface area contributed by atoms with E-state index < -0.39 is 0 Å². The Morgan fingerprint density at radius 3 is 2.77 bits per heavy atom. The average Bonchev–Trinajstić information content (AvgIpc) is 2.51. The molecule has 1 aromatic rings. The Morgan fingerprint density at radius 1 is 1.62 bits per heavy atom. The maximum atomic E-state index is 11.0. The van der Waals surface area contributed by atoms with E-state index in [0.717, 1.165) is 9.21 Å². The molecule has 1 rings (SSSR count). The number of halogens is 1. The highest BCUT2D eigenvalue weighted by Crippen LogP contribution is 2.26. The molecule has 0 fully saturated rings. The van der Waals surface area contributed by atoms with E-state index in [1.54, 1.807) is 7.05 Å². The van der Waals surface area contributed by atoms with Crippen molar-refractivity contribution in [3.8, 4) is 0 Å². The zero-order valence-corrected chi connectivity index (χ0v) is 9.00. The number of nitrogens with one attached hydrogen (secondary N) is 2. The van der Waals surface area contributed by atoms with Crippen LogP contribution in [-0.2, 0) is 0 Å². The van der Waals surface area contributed by atoms with Crippen LogP contribution in [0.4, 0.5) is 4.79 Å². The lowest BCUT2D eigenvalue weighted by Crippen LogP contribution is -2.34. The Morgan fingerprint density at radius 2 is 2.31 bits per heavy atom. The third-order valence-electron chi connectivity index (χ3n) is 1.60. The highest BCUT2D eigenvalue weighted by molar-refractivity contribution is 7.16. The maximum Gasteiger partial charge on any atom is 0.315 e. The van der Waals surface area contributed by atoms with Gasteiger partial charge >= 0.3 is 6.03 Å². The Kier molecular flexibility index (Phi) is 3.57. The second kappa shape index (κ2) is 4.48. The van der Waals surface area contributed by atoms with Gasteiger partial charge in [-0.1, -0.05) is 11.6 Å². The number of urea groups is 1. The minimum atomic E-state index is -0.183. The molecular formula is C8H11ClN2OS. The predicted octanol–water partition coefficient (Wildman–Crippen LogP) is 2.39. The highest BCUT2D eigenvalue weighted by Gasteiger charge is 2.09. The van der Waals surface area contributed by atoms with Gasteiger partial charge in [0.05, 0.1) is 10.4 Å². The molecule has 0 saturated carbocycles. The minimum absolute atomic E-state index is 0.00236. The van der Waals surface area contributed by atoms with Crippen LogP contribution in [-0.4, -0.2) is 13.1 Å². The van der Waals surface area contributed by atoms with E-state index >= 15 is 0 Å². The lowest BCUT2D eigenvalue weighted by Gasteiger charge is -2.10. The summed E-state index contributed by atoms with van der Waals surface area (Å²) >= 11 is 7.24. The molecule has 72 valence electrons. The third kappa shape index (κ3) is 2.90. The van der Waals surface area contributed by atoms with Crippen molar-refractivity contribution in [2.45, 2.75) is 13.0 Å². The molecule has 0 aliphatic carbocycles. The van der Waals surface area contributed by atoms with Gasteiger partial charge in [-0.05, 0) is 19.1 Å². The first-order valence-corrected chi connectivity index (χ1v) is 5.06. The Hall–Kier alpha value is -0.740. The number of thiophene rings is 1. The van der Waals surface area contributed by atoms with Crippen molar-refractivity contribution >= 4 is 29.0 Å².